The Kier molecular flexibility index (Phi) is 6.20. The van der Waals surface area contributed by atoms with Gasteiger partial charge in [0.2, 0.25) is 0 Å². The highest BCUT2D eigenvalue weighted by atomic mass is 35.5. The van der Waals surface area contributed by atoms with Gasteiger partial charge in [0.05, 0.1) is 13.2 Å². The number of nitrogens with zero attached hydrogens (tertiary/aromatic N) is 4. The number of halogens is 2. The second-order valence-corrected chi connectivity index (χ2v) is 6.37. The van der Waals surface area contributed by atoms with Crippen molar-refractivity contribution in [3.8, 4) is 11.5 Å². The summed E-state index contributed by atoms with van der Waals surface area (Å²) in [6.07, 6.45) is 0. The first-order valence-electron chi connectivity index (χ1n) is 8.17. The fourth-order valence-electron chi connectivity index (χ4n) is 2.35. The van der Waals surface area contributed by atoms with Gasteiger partial charge in [0.25, 0.3) is 5.95 Å². The lowest BCUT2D eigenvalue weighted by molar-refractivity contribution is 0.269. The number of aromatic nitrogens is 4. The summed E-state index contributed by atoms with van der Waals surface area (Å²) < 4.78 is 11.6. The van der Waals surface area contributed by atoms with Gasteiger partial charge in [-0.3, -0.25) is 0 Å². The number of rotatable bonds is 8. The summed E-state index contributed by atoms with van der Waals surface area (Å²) in [6, 6.07) is 11.0. The maximum atomic E-state index is 6.40. The van der Waals surface area contributed by atoms with Gasteiger partial charge in [-0.05, 0) is 46.7 Å². The van der Waals surface area contributed by atoms with Crippen molar-refractivity contribution in [2.24, 2.45) is 0 Å². The first-order chi connectivity index (χ1) is 13.1. The molecule has 142 valence electrons. The lowest BCUT2D eigenvalue weighted by Gasteiger charge is -2.15. The van der Waals surface area contributed by atoms with Crippen molar-refractivity contribution < 1.29 is 9.47 Å². The molecule has 3 N–H and O–H groups in total. The van der Waals surface area contributed by atoms with Crippen LogP contribution in [0.3, 0.4) is 0 Å². The Morgan fingerprint density at radius 2 is 1.96 bits per heavy atom. The topological polar surface area (TPSA) is 100 Å². The van der Waals surface area contributed by atoms with Crippen LogP contribution in [0, 0.1) is 0 Å². The summed E-state index contributed by atoms with van der Waals surface area (Å²) in [6.45, 7) is 3.08. The average Bonchev–Trinajstić information content (AvgIpc) is 3.05. The predicted octanol–water partition coefficient (Wildman–Crippen LogP) is 3.28. The number of hydrogen-bond donors (Lipinski definition) is 2. The summed E-state index contributed by atoms with van der Waals surface area (Å²) in [7, 11) is 0. The Morgan fingerprint density at radius 1 is 1.15 bits per heavy atom. The van der Waals surface area contributed by atoms with Gasteiger partial charge in [0.1, 0.15) is 6.61 Å². The number of nitrogens with one attached hydrogen (secondary N) is 1. The van der Waals surface area contributed by atoms with Gasteiger partial charge in [0, 0.05) is 16.1 Å². The summed E-state index contributed by atoms with van der Waals surface area (Å²) >= 11 is 12.4. The highest BCUT2D eigenvalue weighted by molar-refractivity contribution is 6.31. The lowest BCUT2D eigenvalue weighted by atomic mass is 10.2. The Morgan fingerprint density at radius 3 is 2.67 bits per heavy atom. The van der Waals surface area contributed by atoms with E-state index in [1.807, 2.05) is 37.3 Å². The van der Waals surface area contributed by atoms with Gasteiger partial charge in [0.15, 0.2) is 11.5 Å². The number of nitrogens with two attached hydrogens (primary N) is 1. The molecule has 0 amide bonds. The minimum atomic E-state index is 0.151. The van der Waals surface area contributed by atoms with Crippen LogP contribution in [0.25, 0.3) is 0 Å². The molecule has 3 aromatic rings. The first kappa shape index (κ1) is 19.1. The molecule has 0 unspecified atom stereocenters. The fraction of sp³-hybridized carbons (Fsp3) is 0.235. The molecule has 1 aromatic heterocycles. The van der Waals surface area contributed by atoms with Crippen LogP contribution in [0.15, 0.2) is 36.4 Å². The van der Waals surface area contributed by atoms with Crippen LogP contribution in [0.2, 0.25) is 10.0 Å². The third-order valence-electron chi connectivity index (χ3n) is 3.61. The van der Waals surface area contributed by atoms with E-state index in [0.29, 0.717) is 41.3 Å². The van der Waals surface area contributed by atoms with Crippen molar-refractivity contribution in [2.75, 3.05) is 17.8 Å². The minimum Gasteiger partial charge on any atom is -0.490 e. The third kappa shape index (κ3) is 4.93. The molecular weight excluding hydrogens is 391 g/mol. The van der Waals surface area contributed by atoms with Crippen molar-refractivity contribution in [2.45, 2.75) is 20.1 Å². The van der Waals surface area contributed by atoms with Crippen LogP contribution in [0.1, 0.15) is 18.1 Å². The van der Waals surface area contributed by atoms with E-state index in [1.54, 1.807) is 6.07 Å². The number of nitrogen functional groups attached to an aromatic ring is 1. The number of ether oxygens (including phenoxy) is 2. The maximum Gasteiger partial charge on any atom is 0.260 e. The first-order valence-corrected chi connectivity index (χ1v) is 8.92. The van der Waals surface area contributed by atoms with Gasteiger partial charge in [-0.25, -0.2) is 0 Å². The van der Waals surface area contributed by atoms with E-state index >= 15 is 0 Å². The van der Waals surface area contributed by atoms with Crippen LogP contribution in [-0.2, 0) is 13.2 Å². The number of anilines is 1. The van der Waals surface area contributed by atoms with Gasteiger partial charge < -0.3 is 20.6 Å². The quantitative estimate of drug-likeness (QED) is 0.589. The van der Waals surface area contributed by atoms with Crippen molar-refractivity contribution in [3.05, 3.63) is 57.6 Å². The Labute approximate surface area is 166 Å². The van der Waals surface area contributed by atoms with E-state index < -0.39 is 0 Å². The van der Waals surface area contributed by atoms with E-state index in [9.17, 15) is 0 Å². The largest absolute Gasteiger partial charge is 0.490 e. The van der Waals surface area contributed by atoms with E-state index in [2.05, 4.69) is 21.0 Å². The SMILES string of the molecule is CCOc1cc(CNn2nnnc2N)c(Cl)cc1OCc1cccc(Cl)c1. The normalized spacial score (nSPS) is 10.6. The van der Waals surface area contributed by atoms with E-state index in [0.717, 1.165) is 11.1 Å². The van der Waals surface area contributed by atoms with Gasteiger partial charge in [-0.15, -0.1) is 4.79 Å². The zero-order valence-corrected chi connectivity index (χ0v) is 16.0. The number of tetrazole rings is 1. The summed E-state index contributed by atoms with van der Waals surface area (Å²) in [4.78, 5) is 1.26. The molecule has 0 radical (unpaired) electrons. The van der Waals surface area contributed by atoms with E-state index in [1.165, 1.54) is 4.79 Å². The highest BCUT2D eigenvalue weighted by Crippen LogP contribution is 2.34. The molecule has 0 aliphatic rings. The third-order valence-corrected chi connectivity index (χ3v) is 4.20. The molecule has 0 aliphatic heterocycles. The minimum absolute atomic E-state index is 0.151. The summed E-state index contributed by atoms with van der Waals surface area (Å²) in [5.41, 5.74) is 10.3. The molecule has 0 bridgehead atoms. The number of benzene rings is 2. The fourth-order valence-corrected chi connectivity index (χ4v) is 2.78. The molecule has 3 rings (SSSR count). The summed E-state index contributed by atoms with van der Waals surface area (Å²) in [5.74, 6) is 1.29. The second kappa shape index (κ2) is 8.79. The van der Waals surface area contributed by atoms with Gasteiger partial charge >= 0.3 is 0 Å². The average molecular weight is 409 g/mol. The molecule has 2 aromatic carbocycles. The molecule has 0 spiro atoms. The van der Waals surface area contributed by atoms with Crippen LogP contribution in [-0.4, -0.2) is 26.9 Å². The molecule has 0 saturated carbocycles. The molecule has 0 fully saturated rings. The molecule has 8 nitrogen and oxygen atoms in total. The number of hydrogen-bond acceptors (Lipinski definition) is 7. The second-order valence-electron chi connectivity index (χ2n) is 5.53. The van der Waals surface area contributed by atoms with Gasteiger partial charge in [-0.2, -0.15) is 0 Å². The van der Waals surface area contributed by atoms with Crippen LogP contribution in [0.4, 0.5) is 5.95 Å². The van der Waals surface area contributed by atoms with Crippen molar-refractivity contribution >= 4 is 29.2 Å². The lowest BCUT2D eigenvalue weighted by Crippen LogP contribution is -2.18. The van der Waals surface area contributed by atoms with Crippen LogP contribution < -0.4 is 20.6 Å². The zero-order valence-electron chi connectivity index (χ0n) is 14.5. The predicted molar refractivity (Wildman–Crippen MR) is 104 cm³/mol. The molecule has 0 aliphatic carbocycles. The van der Waals surface area contributed by atoms with E-state index in [-0.39, 0.29) is 5.95 Å². The summed E-state index contributed by atoms with van der Waals surface area (Å²) in [5, 5.41) is 12.0. The van der Waals surface area contributed by atoms with Crippen molar-refractivity contribution in [1.29, 1.82) is 0 Å². The standard InChI is InChI=1S/C17H18Cl2N6O2/c1-2-26-15-7-12(9-21-25-17(20)22-23-24-25)14(19)8-16(15)27-10-11-4-3-5-13(18)6-11/h3-8,21H,2,9-10H2,1H3,(H2,20,22,24). The highest BCUT2D eigenvalue weighted by Gasteiger charge is 2.12. The smallest absolute Gasteiger partial charge is 0.260 e. The molecule has 0 saturated heterocycles. The Balaban J connectivity index is 1.75. The Hall–Kier alpha value is -2.71. The molecule has 0 atom stereocenters. The molecule has 27 heavy (non-hydrogen) atoms. The van der Waals surface area contributed by atoms with Crippen molar-refractivity contribution in [1.82, 2.24) is 20.3 Å². The van der Waals surface area contributed by atoms with Crippen LogP contribution in [0.5, 0.6) is 11.5 Å². The molecular formula is C17H18Cl2N6O2. The molecule has 1 heterocycles. The van der Waals surface area contributed by atoms with E-state index in [4.69, 9.17) is 38.4 Å². The molecule has 10 heteroatoms. The van der Waals surface area contributed by atoms with Crippen LogP contribution >= 0.6 is 23.2 Å². The van der Waals surface area contributed by atoms with Crippen molar-refractivity contribution in [3.63, 3.8) is 0 Å². The monoisotopic (exact) mass is 408 g/mol. The zero-order chi connectivity index (χ0) is 19.2. The Bertz CT molecular complexity index is 918. The maximum absolute atomic E-state index is 6.40. The van der Waals surface area contributed by atoms with Gasteiger partial charge in [-0.1, -0.05) is 40.4 Å².